The zero-order chi connectivity index (χ0) is 16.7. The van der Waals surface area contributed by atoms with Crippen molar-refractivity contribution in [2.24, 2.45) is 0 Å². The van der Waals surface area contributed by atoms with Gasteiger partial charge < -0.3 is 4.98 Å². The maximum absolute atomic E-state index is 12.0. The molecule has 1 aliphatic heterocycles. The fourth-order valence-electron chi connectivity index (χ4n) is 3.59. The molecule has 0 aliphatic carbocycles. The molecule has 0 saturated carbocycles. The van der Waals surface area contributed by atoms with Crippen molar-refractivity contribution in [1.29, 1.82) is 0 Å². The standard InChI is InChI=1S/C17H20N4O2S/c1-24(22,23)16-10-19-20-17(16)15-3-2-8-21(15)11-12-4-5-13-6-7-18-14(13)9-12/h4-7,9-10,15,18H,2-3,8,11H2,1H3,(H,19,20)/t15-/m0/s1. The predicted molar refractivity (Wildman–Crippen MR) is 92.4 cm³/mol. The molecular weight excluding hydrogens is 324 g/mol. The normalized spacial score (nSPS) is 19.3. The maximum Gasteiger partial charge on any atom is 0.178 e. The van der Waals surface area contributed by atoms with Gasteiger partial charge in [0, 0.05) is 24.5 Å². The van der Waals surface area contributed by atoms with Crippen molar-refractivity contribution in [2.45, 2.75) is 30.3 Å². The lowest BCUT2D eigenvalue weighted by Gasteiger charge is -2.24. The lowest BCUT2D eigenvalue weighted by atomic mass is 10.1. The zero-order valence-corrected chi connectivity index (χ0v) is 14.3. The predicted octanol–water partition coefficient (Wildman–Crippen LogP) is 2.63. The summed E-state index contributed by atoms with van der Waals surface area (Å²) in [6.07, 6.45) is 6.59. The lowest BCUT2D eigenvalue weighted by Crippen LogP contribution is -2.24. The van der Waals surface area contributed by atoms with Crippen LogP contribution in [-0.4, -0.2) is 41.3 Å². The Labute approximate surface area is 140 Å². The number of hydrogen-bond acceptors (Lipinski definition) is 4. The van der Waals surface area contributed by atoms with Gasteiger partial charge in [-0.2, -0.15) is 5.10 Å². The van der Waals surface area contributed by atoms with E-state index in [0.717, 1.165) is 37.1 Å². The van der Waals surface area contributed by atoms with E-state index in [0.29, 0.717) is 4.90 Å². The molecule has 1 atom stereocenters. The van der Waals surface area contributed by atoms with Gasteiger partial charge in [0.1, 0.15) is 4.90 Å². The Morgan fingerprint density at radius 1 is 1.33 bits per heavy atom. The van der Waals surface area contributed by atoms with Crippen molar-refractivity contribution in [1.82, 2.24) is 20.1 Å². The number of fused-ring (bicyclic) bond motifs is 1. The maximum atomic E-state index is 12.0. The molecule has 2 N–H and O–H groups in total. The Hall–Kier alpha value is -2.12. The van der Waals surface area contributed by atoms with Gasteiger partial charge >= 0.3 is 0 Å². The molecule has 6 nitrogen and oxygen atoms in total. The van der Waals surface area contributed by atoms with Crippen LogP contribution in [0, 0.1) is 0 Å². The summed E-state index contributed by atoms with van der Waals surface area (Å²) in [6, 6.07) is 8.53. The highest BCUT2D eigenvalue weighted by Crippen LogP contribution is 2.35. The van der Waals surface area contributed by atoms with E-state index in [4.69, 9.17) is 0 Å². The van der Waals surface area contributed by atoms with Crippen LogP contribution in [0.15, 0.2) is 41.6 Å². The van der Waals surface area contributed by atoms with Crippen LogP contribution in [0.25, 0.3) is 10.9 Å². The molecule has 1 aromatic carbocycles. The summed E-state index contributed by atoms with van der Waals surface area (Å²) in [6.45, 7) is 1.75. The molecule has 0 amide bonds. The van der Waals surface area contributed by atoms with Crippen LogP contribution in [0.1, 0.15) is 30.1 Å². The molecule has 0 unspecified atom stereocenters. The van der Waals surface area contributed by atoms with Crippen molar-refractivity contribution < 1.29 is 8.42 Å². The van der Waals surface area contributed by atoms with Crippen LogP contribution in [0.5, 0.6) is 0 Å². The number of sulfone groups is 1. The van der Waals surface area contributed by atoms with E-state index in [-0.39, 0.29) is 6.04 Å². The number of H-pyrrole nitrogens is 2. The fourth-order valence-corrected chi connectivity index (χ4v) is 4.41. The Kier molecular flexibility index (Phi) is 3.69. The number of aromatic amines is 2. The molecule has 2 aromatic heterocycles. The summed E-state index contributed by atoms with van der Waals surface area (Å²) in [5.41, 5.74) is 3.06. The Morgan fingerprint density at radius 2 is 2.21 bits per heavy atom. The van der Waals surface area contributed by atoms with Crippen LogP contribution < -0.4 is 0 Å². The first-order chi connectivity index (χ1) is 11.5. The molecule has 7 heteroatoms. The Balaban J connectivity index is 1.62. The van der Waals surface area contributed by atoms with Crippen LogP contribution >= 0.6 is 0 Å². The van der Waals surface area contributed by atoms with Gasteiger partial charge in [0.15, 0.2) is 9.84 Å². The van der Waals surface area contributed by atoms with E-state index in [9.17, 15) is 8.42 Å². The smallest absolute Gasteiger partial charge is 0.178 e. The molecule has 126 valence electrons. The second-order valence-corrected chi connectivity index (χ2v) is 8.43. The minimum atomic E-state index is -3.27. The number of hydrogen-bond donors (Lipinski definition) is 2. The second-order valence-electron chi connectivity index (χ2n) is 6.45. The summed E-state index contributed by atoms with van der Waals surface area (Å²) < 4.78 is 23.9. The Morgan fingerprint density at radius 3 is 3.04 bits per heavy atom. The highest BCUT2D eigenvalue weighted by molar-refractivity contribution is 7.90. The molecule has 1 saturated heterocycles. The monoisotopic (exact) mass is 344 g/mol. The third-order valence-electron chi connectivity index (χ3n) is 4.73. The zero-order valence-electron chi connectivity index (χ0n) is 13.5. The topological polar surface area (TPSA) is 81.8 Å². The van der Waals surface area contributed by atoms with Gasteiger partial charge in [0.2, 0.25) is 0 Å². The van der Waals surface area contributed by atoms with E-state index in [2.05, 4.69) is 44.3 Å². The summed E-state index contributed by atoms with van der Waals surface area (Å²) in [5.74, 6) is 0. The number of likely N-dealkylation sites (tertiary alicyclic amines) is 1. The van der Waals surface area contributed by atoms with E-state index in [1.807, 2.05) is 6.20 Å². The summed E-state index contributed by atoms with van der Waals surface area (Å²) >= 11 is 0. The molecule has 3 aromatic rings. The summed E-state index contributed by atoms with van der Waals surface area (Å²) in [5, 5.41) is 8.09. The molecule has 4 rings (SSSR count). The number of nitrogens with zero attached hydrogens (tertiary/aromatic N) is 2. The summed E-state index contributed by atoms with van der Waals surface area (Å²) in [7, 11) is -3.27. The Bertz CT molecular complexity index is 973. The summed E-state index contributed by atoms with van der Waals surface area (Å²) in [4.78, 5) is 5.88. The van der Waals surface area contributed by atoms with Gasteiger partial charge in [-0.15, -0.1) is 0 Å². The number of benzene rings is 1. The van der Waals surface area contributed by atoms with E-state index < -0.39 is 9.84 Å². The molecule has 1 aliphatic rings. The first-order valence-corrected chi connectivity index (χ1v) is 9.95. The minimum absolute atomic E-state index is 0.0663. The molecule has 0 spiro atoms. The van der Waals surface area contributed by atoms with Crippen LogP contribution in [0.4, 0.5) is 0 Å². The van der Waals surface area contributed by atoms with Gasteiger partial charge in [0.25, 0.3) is 0 Å². The fraction of sp³-hybridized carbons (Fsp3) is 0.353. The number of aromatic nitrogens is 3. The molecular formula is C17H20N4O2S. The molecule has 0 radical (unpaired) electrons. The highest BCUT2D eigenvalue weighted by atomic mass is 32.2. The van der Waals surface area contributed by atoms with Crippen molar-refractivity contribution in [3.05, 3.63) is 47.9 Å². The van der Waals surface area contributed by atoms with E-state index in [1.165, 1.54) is 23.4 Å². The molecule has 1 fully saturated rings. The second kappa shape index (κ2) is 5.75. The third kappa shape index (κ3) is 2.74. The van der Waals surface area contributed by atoms with Crippen molar-refractivity contribution in [3.8, 4) is 0 Å². The largest absolute Gasteiger partial charge is 0.361 e. The van der Waals surface area contributed by atoms with E-state index in [1.54, 1.807) is 0 Å². The number of nitrogens with one attached hydrogen (secondary N) is 2. The minimum Gasteiger partial charge on any atom is -0.361 e. The molecule has 24 heavy (non-hydrogen) atoms. The SMILES string of the molecule is CS(=O)(=O)c1cn[nH]c1[C@@H]1CCCN1Cc1ccc2cc[nH]c2c1. The number of rotatable bonds is 4. The van der Waals surface area contributed by atoms with Crippen LogP contribution in [0.3, 0.4) is 0 Å². The van der Waals surface area contributed by atoms with Gasteiger partial charge in [-0.25, -0.2) is 8.42 Å². The first kappa shape index (κ1) is 15.4. The van der Waals surface area contributed by atoms with E-state index >= 15 is 0 Å². The average molecular weight is 344 g/mol. The molecule has 0 bridgehead atoms. The van der Waals surface area contributed by atoms with Gasteiger partial charge in [-0.1, -0.05) is 12.1 Å². The van der Waals surface area contributed by atoms with Gasteiger partial charge in [0.05, 0.1) is 17.9 Å². The van der Waals surface area contributed by atoms with Crippen LogP contribution in [0.2, 0.25) is 0 Å². The molecule has 3 heterocycles. The van der Waals surface area contributed by atoms with Crippen molar-refractivity contribution in [3.63, 3.8) is 0 Å². The quantitative estimate of drug-likeness (QED) is 0.762. The van der Waals surface area contributed by atoms with Gasteiger partial charge in [-0.05, 0) is 42.5 Å². The first-order valence-electron chi connectivity index (χ1n) is 8.06. The average Bonchev–Trinajstić information content (AvgIpc) is 3.25. The van der Waals surface area contributed by atoms with Crippen LogP contribution in [-0.2, 0) is 16.4 Å². The van der Waals surface area contributed by atoms with Crippen molar-refractivity contribution >= 4 is 20.7 Å². The van der Waals surface area contributed by atoms with Gasteiger partial charge in [-0.3, -0.25) is 10.00 Å². The lowest BCUT2D eigenvalue weighted by molar-refractivity contribution is 0.242. The third-order valence-corrected chi connectivity index (χ3v) is 5.86. The highest BCUT2D eigenvalue weighted by Gasteiger charge is 2.31. The van der Waals surface area contributed by atoms with Crippen molar-refractivity contribution in [2.75, 3.05) is 12.8 Å².